The third kappa shape index (κ3) is 5.36. The van der Waals surface area contributed by atoms with Crippen LogP contribution in [0.25, 0.3) is 0 Å². The van der Waals surface area contributed by atoms with Crippen molar-refractivity contribution in [1.29, 1.82) is 0 Å². The van der Waals surface area contributed by atoms with Crippen molar-refractivity contribution in [1.82, 2.24) is 0 Å². The number of amides is 1. The fourth-order valence-electron chi connectivity index (χ4n) is 2.27. The minimum absolute atomic E-state index is 0.109. The minimum atomic E-state index is -0.471. The molecule has 0 aliphatic heterocycles. The fourth-order valence-corrected chi connectivity index (χ4v) is 2.96. The molecule has 0 saturated carbocycles. The van der Waals surface area contributed by atoms with E-state index in [0.717, 1.165) is 4.90 Å². The summed E-state index contributed by atoms with van der Waals surface area (Å²) in [5.74, 6) is -0.368. The highest BCUT2D eigenvalue weighted by Gasteiger charge is 2.14. The third-order valence-corrected chi connectivity index (χ3v) is 4.71. The quantitative estimate of drug-likeness (QED) is 0.632. The normalized spacial score (nSPS) is 11.0. The molecule has 0 spiro atoms. The summed E-state index contributed by atoms with van der Waals surface area (Å²) in [4.78, 5) is 25.0. The van der Waals surface area contributed by atoms with Crippen molar-refractivity contribution in [3.8, 4) is 0 Å². The predicted octanol–water partition coefficient (Wildman–Crippen LogP) is 4.50. The minimum Gasteiger partial charge on any atom is -0.465 e. The Morgan fingerprint density at radius 2 is 1.68 bits per heavy atom. The van der Waals surface area contributed by atoms with Crippen LogP contribution in [0.1, 0.15) is 36.7 Å². The van der Waals surface area contributed by atoms with Gasteiger partial charge in [-0.25, -0.2) is 4.79 Å². The SMILES string of the molecule is COC(=O)c1ccccc1NC(=O)CSc1ccc(C(C)(C)C)cc1. The highest BCUT2D eigenvalue weighted by molar-refractivity contribution is 8.00. The summed E-state index contributed by atoms with van der Waals surface area (Å²) in [7, 11) is 1.32. The maximum atomic E-state index is 12.2. The van der Waals surface area contributed by atoms with Crippen molar-refractivity contribution in [2.45, 2.75) is 31.1 Å². The van der Waals surface area contributed by atoms with E-state index in [0.29, 0.717) is 11.3 Å². The Kier molecular flexibility index (Phi) is 6.26. The molecule has 1 N–H and O–H groups in total. The lowest BCUT2D eigenvalue weighted by atomic mass is 9.87. The predicted molar refractivity (Wildman–Crippen MR) is 102 cm³/mol. The molecule has 5 heteroatoms. The number of hydrogen-bond acceptors (Lipinski definition) is 4. The van der Waals surface area contributed by atoms with E-state index in [1.165, 1.54) is 24.4 Å². The van der Waals surface area contributed by atoms with Crippen LogP contribution in [0.15, 0.2) is 53.4 Å². The van der Waals surface area contributed by atoms with Gasteiger partial charge in [-0.05, 0) is 35.2 Å². The molecule has 0 radical (unpaired) electrons. The zero-order valence-corrected chi connectivity index (χ0v) is 15.8. The van der Waals surface area contributed by atoms with Gasteiger partial charge in [-0.3, -0.25) is 4.79 Å². The number of benzene rings is 2. The molecule has 0 bridgehead atoms. The highest BCUT2D eigenvalue weighted by Crippen LogP contribution is 2.26. The Bertz CT molecular complexity index is 748. The molecule has 25 heavy (non-hydrogen) atoms. The molecule has 2 aromatic carbocycles. The second-order valence-electron chi connectivity index (χ2n) is 6.65. The molecule has 0 aliphatic rings. The van der Waals surface area contributed by atoms with Gasteiger partial charge in [0, 0.05) is 4.90 Å². The van der Waals surface area contributed by atoms with E-state index in [4.69, 9.17) is 4.74 Å². The first-order valence-corrected chi connectivity index (χ1v) is 9.00. The monoisotopic (exact) mass is 357 g/mol. The number of para-hydroxylation sites is 1. The Balaban J connectivity index is 1.97. The standard InChI is InChI=1S/C20H23NO3S/c1-20(2,3)14-9-11-15(12-10-14)25-13-18(22)21-17-8-6-5-7-16(17)19(23)24-4/h5-12H,13H2,1-4H3,(H,21,22). The lowest BCUT2D eigenvalue weighted by molar-refractivity contribution is -0.113. The number of esters is 1. The average Bonchev–Trinajstić information content (AvgIpc) is 2.59. The molecule has 0 aromatic heterocycles. The van der Waals surface area contributed by atoms with E-state index in [1.54, 1.807) is 24.3 Å². The molecule has 1 amide bonds. The summed E-state index contributed by atoms with van der Waals surface area (Å²) in [5.41, 5.74) is 2.17. The van der Waals surface area contributed by atoms with Crippen LogP contribution in [-0.4, -0.2) is 24.7 Å². The summed E-state index contributed by atoms with van der Waals surface area (Å²) in [6, 6.07) is 15.0. The Labute approximate surface area is 153 Å². The molecule has 0 aliphatic carbocycles. The van der Waals surface area contributed by atoms with Crippen molar-refractivity contribution in [2.24, 2.45) is 0 Å². The van der Waals surface area contributed by atoms with Gasteiger partial charge in [0.2, 0.25) is 5.91 Å². The van der Waals surface area contributed by atoms with Crippen LogP contribution in [0, 0.1) is 0 Å². The maximum Gasteiger partial charge on any atom is 0.339 e. The molecular formula is C20H23NO3S. The van der Waals surface area contributed by atoms with Gasteiger partial charge in [0.1, 0.15) is 0 Å². The van der Waals surface area contributed by atoms with E-state index in [2.05, 4.69) is 38.2 Å². The van der Waals surface area contributed by atoms with Gasteiger partial charge < -0.3 is 10.1 Å². The van der Waals surface area contributed by atoms with Gasteiger partial charge in [-0.2, -0.15) is 0 Å². The first-order valence-electron chi connectivity index (χ1n) is 8.02. The highest BCUT2D eigenvalue weighted by atomic mass is 32.2. The number of methoxy groups -OCH3 is 1. The van der Waals surface area contributed by atoms with E-state index < -0.39 is 5.97 Å². The summed E-state index contributed by atoms with van der Waals surface area (Å²) in [5, 5.41) is 2.77. The number of rotatable bonds is 5. The molecule has 2 rings (SSSR count). The van der Waals surface area contributed by atoms with Gasteiger partial charge in [0.25, 0.3) is 0 Å². The molecule has 0 heterocycles. The van der Waals surface area contributed by atoms with Crippen molar-refractivity contribution in [3.05, 3.63) is 59.7 Å². The number of nitrogens with one attached hydrogen (secondary N) is 1. The summed E-state index contributed by atoms with van der Waals surface area (Å²) in [6.07, 6.45) is 0. The van der Waals surface area contributed by atoms with Crippen LogP contribution in [0.5, 0.6) is 0 Å². The largest absolute Gasteiger partial charge is 0.465 e. The average molecular weight is 357 g/mol. The second kappa shape index (κ2) is 8.21. The smallest absolute Gasteiger partial charge is 0.339 e. The van der Waals surface area contributed by atoms with Gasteiger partial charge in [-0.1, -0.05) is 45.0 Å². The number of carbonyl (C=O) groups excluding carboxylic acids is 2. The topological polar surface area (TPSA) is 55.4 Å². The van der Waals surface area contributed by atoms with Crippen molar-refractivity contribution >= 4 is 29.3 Å². The molecule has 2 aromatic rings. The Morgan fingerprint density at radius 1 is 1.04 bits per heavy atom. The zero-order valence-electron chi connectivity index (χ0n) is 15.0. The van der Waals surface area contributed by atoms with E-state index in [1.807, 2.05) is 12.1 Å². The molecule has 132 valence electrons. The Hall–Kier alpha value is -2.27. The summed E-state index contributed by atoms with van der Waals surface area (Å²) in [6.45, 7) is 6.50. The number of ether oxygens (including phenoxy) is 1. The first-order chi connectivity index (χ1) is 11.8. The van der Waals surface area contributed by atoms with Crippen LogP contribution in [-0.2, 0) is 14.9 Å². The van der Waals surface area contributed by atoms with Crippen LogP contribution >= 0.6 is 11.8 Å². The number of hydrogen-bond donors (Lipinski definition) is 1. The molecule has 4 nitrogen and oxygen atoms in total. The van der Waals surface area contributed by atoms with Crippen LogP contribution in [0.3, 0.4) is 0 Å². The van der Waals surface area contributed by atoms with Gasteiger partial charge >= 0.3 is 5.97 Å². The second-order valence-corrected chi connectivity index (χ2v) is 7.70. The van der Waals surface area contributed by atoms with Crippen molar-refractivity contribution < 1.29 is 14.3 Å². The fraction of sp³-hybridized carbons (Fsp3) is 0.300. The summed E-state index contributed by atoms with van der Waals surface area (Å²) < 4.78 is 4.73. The van der Waals surface area contributed by atoms with Crippen LogP contribution in [0.4, 0.5) is 5.69 Å². The zero-order chi connectivity index (χ0) is 18.4. The molecule has 0 unspecified atom stereocenters. The van der Waals surface area contributed by atoms with Gasteiger partial charge in [0.15, 0.2) is 0 Å². The van der Waals surface area contributed by atoms with Gasteiger partial charge in [0.05, 0.1) is 24.1 Å². The van der Waals surface area contributed by atoms with Crippen molar-refractivity contribution in [2.75, 3.05) is 18.2 Å². The molecular weight excluding hydrogens is 334 g/mol. The lowest BCUT2D eigenvalue weighted by Gasteiger charge is -2.19. The van der Waals surface area contributed by atoms with Crippen LogP contribution < -0.4 is 5.32 Å². The maximum absolute atomic E-state index is 12.2. The van der Waals surface area contributed by atoms with E-state index in [9.17, 15) is 9.59 Å². The van der Waals surface area contributed by atoms with Crippen LogP contribution in [0.2, 0.25) is 0 Å². The van der Waals surface area contributed by atoms with E-state index in [-0.39, 0.29) is 17.1 Å². The first kappa shape index (κ1) is 19.1. The van der Waals surface area contributed by atoms with Crippen molar-refractivity contribution in [3.63, 3.8) is 0 Å². The number of carbonyl (C=O) groups is 2. The van der Waals surface area contributed by atoms with E-state index >= 15 is 0 Å². The molecule has 0 atom stereocenters. The molecule has 0 saturated heterocycles. The summed E-state index contributed by atoms with van der Waals surface area (Å²) >= 11 is 1.46. The number of thioether (sulfide) groups is 1. The molecule has 0 fully saturated rings. The van der Waals surface area contributed by atoms with Gasteiger partial charge in [-0.15, -0.1) is 11.8 Å². The Morgan fingerprint density at radius 3 is 2.28 bits per heavy atom. The number of anilines is 1. The lowest BCUT2D eigenvalue weighted by Crippen LogP contribution is -2.17. The third-order valence-electron chi connectivity index (χ3n) is 3.70.